The smallest absolute Gasteiger partial charge is 0.213 e. The third-order valence-electron chi connectivity index (χ3n) is 5.72. The summed E-state index contributed by atoms with van der Waals surface area (Å²) in [6.45, 7) is 1.84. The standard InChI is InChI=1S/C22H23F3O3S2/c1-14-12-18-19(21(14)29(2,3)28-30(26,27)22(23,24)25)13-16-10-7-11-17(16)20(18)15-8-5-4-6-9-15/h4-6,8-9,12-13,21H,7,10-11H2,1-3H3. The van der Waals surface area contributed by atoms with Gasteiger partial charge in [-0.05, 0) is 72.1 Å². The molecule has 0 aromatic heterocycles. The third kappa shape index (κ3) is 3.48. The molecule has 8 heteroatoms. The summed E-state index contributed by atoms with van der Waals surface area (Å²) in [5.41, 5.74) is 1.86. The third-order valence-corrected chi connectivity index (χ3v) is 10.2. The Morgan fingerprint density at radius 2 is 1.73 bits per heavy atom. The molecular weight excluding hydrogens is 433 g/mol. The fraction of sp³-hybridized carbons (Fsp3) is 0.364. The molecule has 0 saturated heterocycles. The molecule has 0 heterocycles. The van der Waals surface area contributed by atoms with Gasteiger partial charge < -0.3 is 0 Å². The van der Waals surface area contributed by atoms with Crippen LogP contribution in [0.15, 0.2) is 42.0 Å². The van der Waals surface area contributed by atoms with Gasteiger partial charge in [0.25, 0.3) is 0 Å². The van der Waals surface area contributed by atoms with Crippen LogP contribution in [-0.4, -0.2) is 26.4 Å². The first-order valence-electron chi connectivity index (χ1n) is 9.59. The SMILES string of the molecule is CC1=Cc2c(cc3c(c2-c2ccccc2)CCC3)C1S(C)(C)OS(=O)(=O)C(F)(F)F. The Hall–Kier alpha value is -1.77. The predicted molar refractivity (Wildman–Crippen MR) is 116 cm³/mol. The molecule has 0 amide bonds. The zero-order valence-electron chi connectivity index (χ0n) is 16.9. The molecular formula is C22H23F3O3S2. The van der Waals surface area contributed by atoms with Gasteiger partial charge in [-0.25, -0.2) is 3.63 Å². The lowest BCUT2D eigenvalue weighted by atomic mass is 9.89. The van der Waals surface area contributed by atoms with Crippen LogP contribution in [0.1, 0.15) is 40.8 Å². The second kappa shape index (κ2) is 7.14. The van der Waals surface area contributed by atoms with Crippen LogP contribution in [0.5, 0.6) is 0 Å². The summed E-state index contributed by atoms with van der Waals surface area (Å²) in [6, 6.07) is 12.0. The number of rotatable bonds is 4. The summed E-state index contributed by atoms with van der Waals surface area (Å²) in [6.07, 6.45) is 7.86. The Labute approximate surface area is 176 Å². The van der Waals surface area contributed by atoms with Crippen molar-refractivity contribution in [2.75, 3.05) is 12.5 Å². The second-order valence-electron chi connectivity index (χ2n) is 8.16. The van der Waals surface area contributed by atoms with Gasteiger partial charge >= 0.3 is 15.6 Å². The molecule has 1 unspecified atom stereocenters. The average Bonchev–Trinajstić information content (AvgIpc) is 3.21. The number of benzene rings is 2. The van der Waals surface area contributed by atoms with Crippen LogP contribution in [0.4, 0.5) is 13.2 Å². The van der Waals surface area contributed by atoms with Gasteiger partial charge in [0.15, 0.2) is 0 Å². The van der Waals surface area contributed by atoms with Crippen LogP contribution in [-0.2, 0) is 26.6 Å². The van der Waals surface area contributed by atoms with Crippen molar-refractivity contribution in [2.24, 2.45) is 0 Å². The average molecular weight is 457 g/mol. The molecule has 4 rings (SSSR count). The van der Waals surface area contributed by atoms with E-state index >= 15 is 0 Å². The van der Waals surface area contributed by atoms with Gasteiger partial charge in [-0.1, -0.05) is 48.0 Å². The van der Waals surface area contributed by atoms with Crippen molar-refractivity contribution in [1.29, 1.82) is 0 Å². The van der Waals surface area contributed by atoms with E-state index in [1.54, 1.807) is 0 Å². The summed E-state index contributed by atoms with van der Waals surface area (Å²) >= 11 is 0. The number of alkyl halides is 3. The maximum atomic E-state index is 13.0. The highest BCUT2D eigenvalue weighted by Gasteiger charge is 2.51. The summed E-state index contributed by atoms with van der Waals surface area (Å²) in [4.78, 5) is 0. The van der Waals surface area contributed by atoms with Gasteiger partial charge in [-0.3, -0.25) is 0 Å². The van der Waals surface area contributed by atoms with Crippen molar-refractivity contribution >= 4 is 26.5 Å². The van der Waals surface area contributed by atoms with Crippen LogP contribution >= 0.6 is 10.3 Å². The van der Waals surface area contributed by atoms with Gasteiger partial charge in [0.1, 0.15) is 0 Å². The first-order chi connectivity index (χ1) is 13.9. The summed E-state index contributed by atoms with van der Waals surface area (Å²) in [5, 5.41) is -0.516. The molecule has 1 atom stereocenters. The summed E-state index contributed by atoms with van der Waals surface area (Å²) in [7, 11) is -8.34. The van der Waals surface area contributed by atoms with Crippen LogP contribution < -0.4 is 0 Å². The monoisotopic (exact) mass is 456 g/mol. The first-order valence-corrected chi connectivity index (χ1v) is 13.4. The van der Waals surface area contributed by atoms with Crippen molar-refractivity contribution < 1.29 is 25.2 Å². The number of hydrogen-bond donors (Lipinski definition) is 0. The number of fused-ring (bicyclic) bond motifs is 2. The molecule has 0 N–H and O–H groups in total. The molecule has 0 aliphatic heterocycles. The van der Waals surface area contributed by atoms with Gasteiger partial charge in [0.05, 0.1) is 5.25 Å². The van der Waals surface area contributed by atoms with Crippen molar-refractivity contribution in [2.45, 2.75) is 36.9 Å². The fourth-order valence-electron chi connectivity index (χ4n) is 4.70. The van der Waals surface area contributed by atoms with Crippen LogP contribution in [0.3, 0.4) is 0 Å². The summed E-state index contributed by atoms with van der Waals surface area (Å²) < 4.78 is 67.4. The normalized spacial score (nSPS) is 19.4. The lowest BCUT2D eigenvalue weighted by Crippen LogP contribution is -2.28. The first kappa shape index (κ1) is 21.5. The highest BCUT2D eigenvalue weighted by atomic mass is 32.3. The lowest BCUT2D eigenvalue weighted by molar-refractivity contribution is -0.0496. The Morgan fingerprint density at radius 1 is 1.07 bits per heavy atom. The van der Waals surface area contributed by atoms with Crippen LogP contribution in [0.25, 0.3) is 17.2 Å². The Kier molecular flexibility index (Phi) is 5.11. The Balaban J connectivity index is 1.87. The zero-order valence-corrected chi connectivity index (χ0v) is 18.5. The maximum Gasteiger partial charge on any atom is 0.523 e. The molecule has 0 bridgehead atoms. The van der Waals surface area contributed by atoms with Crippen molar-refractivity contribution in [3.8, 4) is 11.1 Å². The van der Waals surface area contributed by atoms with E-state index in [4.69, 9.17) is 3.63 Å². The molecule has 3 nitrogen and oxygen atoms in total. The van der Waals surface area contributed by atoms with Crippen molar-refractivity contribution in [3.63, 3.8) is 0 Å². The maximum absolute atomic E-state index is 13.0. The molecule has 0 radical (unpaired) electrons. The number of hydrogen-bond acceptors (Lipinski definition) is 3. The second-order valence-corrected chi connectivity index (χ2v) is 13.2. The largest absolute Gasteiger partial charge is 0.523 e. The number of halogens is 3. The van der Waals surface area contributed by atoms with E-state index in [-0.39, 0.29) is 0 Å². The highest BCUT2D eigenvalue weighted by molar-refractivity contribution is 8.32. The molecule has 30 heavy (non-hydrogen) atoms. The molecule has 2 aromatic rings. The quantitative estimate of drug-likeness (QED) is 0.519. The predicted octanol–water partition coefficient (Wildman–Crippen LogP) is 6.15. The molecule has 162 valence electrons. The van der Waals surface area contributed by atoms with E-state index in [2.05, 4.69) is 6.07 Å². The zero-order chi connectivity index (χ0) is 21.9. The van der Waals surface area contributed by atoms with Crippen molar-refractivity contribution in [3.05, 3.63) is 64.2 Å². The fourth-order valence-corrected chi connectivity index (χ4v) is 8.94. The van der Waals surface area contributed by atoms with E-state index < -0.39 is 31.2 Å². The molecule has 2 aromatic carbocycles. The molecule has 0 spiro atoms. The molecule has 2 aliphatic carbocycles. The van der Waals surface area contributed by atoms with Crippen LogP contribution in [0, 0.1) is 0 Å². The minimum atomic E-state index is -5.68. The van der Waals surface area contributed by atoms with Gasteiger partial charge in [0.2, 0.25) is 0 Å². The summed E-state index contributed by atoms with van der Waals surface area (Å²) in [5.74, 6) is 0. The van der Waals surface area contributed by atoms with E-state index in [0.717, 1.165) is 47.1 Å². The van der Waals surface area contributed by atoms with Crippen molar-refractivity contribution in [1.82, 2.24) is 0 Å². The van der Waals surface area contributed by atoms with E-state index in [0.29, 0.717) is 0 Å². The molecule has 0 fully saturated rings. The Morgan fingerprint density at radius 3 is 2.37 bits per heavy atom. The Bertz CT molecular complexity index is 1130. The lowest BCUT2D eigenvalue weighted by Gasteiger charge is -2.38. The minimum Gasteiger partial charge on any atom is -0.213 e. The minimum absolute atomic E-state index is 0.516. The number of aryl methyl sites for hydroxylation is 1. The topological polar surface area (TPSA) is 43.4 Å². The van der Waals surface area contributed by atoms with Gasteiger partial charge in [-0.15, -0.1) is 10.3 Å². The highest BCUT2D eigenvalue weighted by Crippen LogP contribution is 2.64. The molecule has 0 saturated carbocycles. The van der Waals surface area contributed by atoms with Gasteiger partial charge in [0, 0.05) is 0 Å². The molecule has 2 aliphatic rings. The van der Waals surface area contributed by atoms with Crippen LogP contribution in [0.2, 0.25) is 0 Å². The van der Waals surface area contributed by atoms with E-state index in [9.17, 15) is 21.6 Å². The van der Waals surface area contributed by atoms with E-state index in [1.807, 2.05) is 43.3 Å². The van der Waals surface area contributed by atoms with Gasteiger partial charge in [-0.2, -0.15) is 21.6 Å². The van der Waals surface area contributed by atoms with E-state index in [1.165, 1.54) is 23.6 Å².